The van der Waals surface area contributed by atoms with Crippen LogP contribution >= 0.6 is 11.6 Å². The fourth-order valence-electron chi connectivity index (χ4n) is 2.40. The number of ether oxygens (including phenoxy) is 2. The molecule has 0 heterocycles. The van der Waals surface area contributed by atoms with E-state index in [9.17, 15) is 22.8 Å². The van der Waals surface area contributed by atoms with Gasteiger partial charge < -0.3 is 14.8 Å². The fraction of sp³-hybridized carbons (Fsp3) is 0.250. The van der Waals surface area contributed by atoms with Crippen molar-refractivity contribution in [1.29, 1.82) is 0 Å². The van der Waals surface area contributed by atoms with Crippen molar-refractivity contribution in [3.05, 3.63) is 53.1 Å². The summed E-state index contributed by atoms with van der Waals surface area (Å²) in [6, 6.07) is 9.87. The summed E-state index contributed by atoms with van der Waals surface area (Å²) in [5, 5.41) is 4.90. The Labute approximate surface area is 190 Å². The highest BCUT2D eigenvalue weighted by Crippen LogP contribution is 2.26. The minimum Gasteiger partial charge on any atom is -0.452 e. The summed E-state index contributed by atoms with van der Waals surface area (Å²) >= 11 is 5.97. The molecule has 0 bridgehead atoms. The molecule has 32 heavy (non-hydrogen) atoms. The molecule has 10 nitrogen and oxygen atoms in total. The number of halogens is 1. The Kier molecular flexibility index (Phi) is 8.58. The van der Waals surface area contributed by atoms with Crippen molar-refractivity contribution in [1.82, 2.24) is 4.31 Å². The molecule has 2 amide bonds. The number of carbonyl (C=O) groups excluding carboxylic acids is 3. The lowest BCUT2D eigenvalue weighted by atomic mass is 10.2. The summed E-state index contributed by atoms with van der Waals surface area (Å²) in [6.07, 6.45) is -0.670. The van der Waals surface area contributed by atoms with E-state index in [0.717, 1.165) is 4.31 Å². The maximum atomic E-state index is 12.3. The first-order valence-corrected chi connectivity index (χ1v) is 11.1. The Morgan fingerprint density at radius 1 is 1.00 bits per heavy atom. The lowest BCUT2D eigenvalue weighted by Gasteiger charge is -2.14. The van der Waals surface area contributed by atoms with Crippen molar-refractivity contribution in [2.45, 2.75) is 11.8 Å². The maximum absolute atomic E-state index is 12.3. The number of nitrogens with one attached hydrogen (secondary N) is 2. The monoisotopic (exact) mass is 483 g/mol. The molecule has 0 atom stereocenters. The van der Waals surface area contributed by atoms with Crippen LogP contribution in [0.15, 0.2) is 47.4 Å². The topological polar surface area (TPSA) is 131 Å². The van der Waals surface area contributed by atoms with Crippen molar-refractivity contribution in [3.63, 3.8) is 0 Å². The molecular formula is C20H22ClN3O7S. The van der Waals surface area contributed by atoms with Crippen molar-refractivity contribution >= 4 is 51.0 Å². The van der Waals surface area contributed by atoms with E-state index in [1.165, 1.54) is 50.5 Å². The lowest BCUT2D eigenvalue weighted by molar-refractivity contribution is -0.119. The first-order chi connectivity index (χ1) is 15.0. The summed E-state index contributed by atoms with van der Waals surface area (Å²) in [6.45, 7) is 1.23. The van der Waals surface area contributed by atoms with E-state index in [2.05, 4.69) is 10.6 Å². The second-order valence-corrected chi connectivity index (χ2v) is 9.01. The smallest absolute Gasteiger partial charge is 0.411 e. The van der Waals surface area contributed by atoms with Gasteiger partial charge in [-0.3, -0.25) is 10.1 Å². The molecule has 0 spiro atoms. The Hall–Kier alpha value is -3.15. The minimum atomic E-state index is -3.82. The van der Waals surface area contributed by atoms with Gasteiger partial charge in [-0.2, -0.15) is 0 Å². The number of hydrogen-bond acceptors (Lipinski definition) is 7. The predicted octanol–water partition coefficient (Wildman–Crippen LogP) is 2.95. The van der Waals surface area contributed by atoms with E-state index < -0.39 is 34.6 Å². The van der Waals surface area contributed by atoms with E-state index in [1.807, 2.05) is 0 Å². The van der Waals surface area contributed by atoms with E-state index in [1.54, 1.807) is 13.0 Å². The molecule has 0 radical (unpaired) electrons. The summed E-state index contributed by atoms with van der Waals surface area (Å²) < 4.78 is 35.4. The average molecular weight is 484 g/mol. The number of nitrogens with zero attached hydrogens (tertiary/aromatic N) is 1. The summed E-state index contributed by atoms with van der Waals surface area (Å²) in [7, 11) is -1.11. The SMILES string of the molecule is CCOC(=O)Nc1cccc(C(=O)OCC(=O)Nc2ccc(Cl)c(S(=O)(=O)N(C)C)c2)c1. The van der Waals surface area contributed by atoms with Gasteiger partial charge in [0.15, 0.2) is 6.61 Å². The number of hydrogen-bond donors (Lipinski definition) is 2. The van der Waals surface area contributed by atoms with Crippen molar-refractivity contribution < 1.29 is 32.3 Å². The normalized spacial score (nSPS) is 11.0. The third-order valence-electron chi connectivity index (χ3n) is 3.93. The van der Waals surface area contributed by atoms with Crippen LogP contribution < -0.4 is 10.6 Å². The van der Waals surface area contributed by atoms with Gasteiger partial charge in [-0.15, -0.1) is 0 Å². The lowest BCUT2D eigenvalue weighted by Crippen LogP contribution is -2.23. The van der Waals surface area contributed by atoms with E-state index in [4.69, 9.17) is 21.1 Å². The number of carbonyl (C=O) groups is 3. The summed E-state index contributed by atoms with van der Waals surface area (Å²) in [5.41, 5.74) is 0.590. The number of benzene rings is 2. The van der Waals surface area contributed by atoms with Gasteiger partial charge in [-0.25, -0.2) is 22.3 Å². The summed E-state index contributed by atoms with van der Waals surface area (Å²) in [4.78, 5) is 35.7. The van der Waals surface area contributed by atoms with E-state index in [-0.39, 0.29) is 27.8 Å². The van der Waals surface area contributed by atoms with Gasteiger partial charge >= 0.3 is 12.1 Å². The van der Waals surface area contributed by atoms with Crippen LogP contribution in [-0.2, 0) is 24.3 Å². The third kappa shape index (κ3) is 6.67. The van der Waals surface area contributed by atoms with Crippen LogP contribution in [0.1, 0.15) is 17.3 Å². The Morgan fingerprint density at radius 3 is 2.34 bits per heavy atom. The first kappa shape index (κ1) is 25.1. The zero-order valence-corrected chi connectivity index (χ0v) is 19.1. The van der Waals surface area contributed by atoms with E-state index >= 15 is 0 Å². The first-order valence-electron chi connectivity index (χ1n) is 9.27. The third-order valence-corrected chi connectivity index (χ3v) is 6.22. The molecule has 0 fully saturated rings. The Morgan fingerprint density at radius 2 is 1.69 bits per heavy atom. The number of rotatable bonds is 8. The van der Waals surface area contributed by atoms with Crippen LogP contribution in [0.2, 0.25) is 5.02 Å². The molecule has 0 unspecified atom stereocenters. The van der Waals surface area contributed by atoms with E-state index in [0.29, 0.717) is 5.69 Å². The Bertz CT molecular complexity index is 1120. The fourth-order valence-corrected chi connectivity index (χ4v) is 3.79. The number of sulfonamides is 1. The quantitative estimate of drug-likeness (QED) is 0.552. The van der Waals surface area contributed by atoms with Gasteiger partial charge in [0.05, 0.1) is 17.2 Å². The van der Waals surface area contributed by atoms with Gasteiger partial charge in [-0.1, -0.05) is 17.7 Å². The molecule has 12 heteroatoms. The largest absolute Gasteiger partial charge is 0.452 e. The highest BCUT2D eigenvalue weighted by atomic mass is 35.5. The molecule has 0 aliphatic heterocycles. The predicted molar refractivity (Wildman–Crippen MR) is 118 cm³/mol. The number of amides is 2. The molecule has 0 saturated heterocycles. The number of anilines is 2. The van der Waals surface area contributed by atoms with Crippen LogP contribution in [0.25, 0.3) is 0 Å². The van der Waals surface area contributed by atoms with Gasteiger partial charge in [-0.05, 0) is 43.3 Å². The molecule has 0 aliphatic rings. The second kappa shape index (κ2) is 10.9. The standard InChI is InChI=1S/C20H22ClN3O7S/c1-4-30-20(27)23-14-7-5-6-13(10-14)19(26)31-12-18(25)22-15-8-9-16(21)17(11-15)32(28,29)24(2)3/h5-11H,4,12H2,1-3H3,(H,22,25)(H,23,27). The molecule has 0 aromatic heterocycles. The van der Waals surface area contributed by atoms with Crippen LogP contribution in [0.4, 0.5) is 16.2 Å². The zero-order valence-electron chi connectivity index (χ0n) is 17.5. The molecular weight excluding hydrogens is 462 g/mol. The highest BCUT2D eigenvalue weighted by Gasteiger charge is 2.21. The molecule has 0 saturated carbocycles. The Balaban J connectivity index is 2.00. The minimum absolute atomic E-state index is 0.000522. The maximum Gasteiger partial charge on any atom is 0.411 e. The van der Waals surface area contributed by atoms with Gasteiger partial charge in [0, 0.05) is 25.5 Å². The zero-order chi connectivity index (χ0) is 23.9. The van der Waals surface area contributed by atoms with Crippen LogP contribution in [0, 0.1) is 0 Å². The van der Waals surface area contributed by atoms with Crippen LogP contribution in [0.3, 0.4) is 0 Å². The molecule has 2 aromatic carbocycles. The molecule has 172 valence electrons. The summed E-state index contributed by atoms with van der Waals surface area (Å²) in [5.74, 6) is -1.48. The van der Waals surface area contributed by atoms with Gasteiger partial charge in [0.1, 0.15) is 4.90 Å². The van der Waals surface area contributed by atoms with Gasteiger partial charge in [0.2, 0.25) is 10.0 Å². The molecule has 2 N–H and O–H groups in total. The van der Waals surface area contributed by atoms with Crippen LogP contribution in [-0.4, -0.2) is 58.0 Å². The average Bonchev–Trinajstić information content (AvgIpc) is 2.73. The van der Waals surface area contributed by atoms with Gasteiger partial charge in [0.25, 0.3) is 5.91 Å². The number of esters is 1. The molecule has 0 aliphatic carbocycles. The van der Waals surface area contributed by atoms with Crippen LogP contribution in [0.5, 0.6) is 0 Å². The molecule has 2 rings (SSSR count). The van der Waals surface area contributed by atoms with Crippen molar-refractivity contribution in [2.75, 3.05) is 37.9 Å². The van der Waals surface area contributed by atoms with Crippen molar-refractivity contribution in [2.24, 2.45) is 0 Å². The van der Waals surface area contributed by atoms with Crippen molar-refractivity contribution in [3.8, 4) is 0 Å². The highest BCUT2D eigenvalue weighted by molar-refractivity contribution is 7.89. The molecule has 2 aromatic rings. The second-order valence-electron chi connectivity index (χ2n) is 6.48.